The average Bonchev–Trinajstić information content (AvgIpc) is 3.06. The van der Waals surface area contributed by atoms with Crippen LogP contribution in [0.25, 0.3) is 0 Å². The Hall–Kier alpha value is -2.58. The topological polar surface area (TPSA) is 120 Å². The molecule has 1 aromatic carbocycles. The molecule has 1 atom stereocenters. The van der Waals surface area contributed by atoms with Gasteiger partial charge in [-0.15, -0.1) is 24.5 Å². The number of thiazole rings is 1. The highest BCUT2D eigenvalue weighted by molar-refractivity contribution is 7.89. The highest BCUT2D eigenvalue weighted by Crippen LogP contribution is 2.30. The van der Waals surface area contributed by atoms with Gasteiger partial charge in [0.05, 0.1) is 10.3 Å². The van der Waals surface area contributed by atoms with Crippen molar-refractivity contribution in [3.8, 4) is 11.6 Å². The van der Waals surface area contributed by atoms with Gasteiger partial charge in [0.1, 0.15) is 11.8 Å². The summed E-state index contributed by atoms with van der Waals surface area (Å²) in [5.41, 5.74) is 0. The van der Waals surface area contributed by atoms with E-state index in [1.807, 2.05) is 0 Å². The summed E-state index contributed by atoms with van der Waals surface area (Å²) in [5.74, 6) is -2.22. The highest BCUT2D eigenvalue weighted by atomic mass is 32.2. The summed E-state index contributed by atoms with van der Waals surface area (Å²) in [6.45, 7) is -0.289. The summed E-state index contributed by atoms with van der Waals surface area (Å²) in [4.78, 5) is 16.7. The molecule has 0 unspecified atom stereocenters. The summed E-state index contributed by atoms with van der Waals surface area (Å²) in [7, 11) is -4.29. The molecular weight excluding hydrogens is 439 g/mol. The molecule has 3 rings (SSSR count). The van der Waals surface area contributed by atoms with Crippen molar-refractivity contribution in [2.24, 2.45) is 0 Å². The number of hydrogen-bond donors (Lipinski definition) is 2. The van der Waals surface area contributed by atoms with Gasteiger partial charge < -0.3 is 19.8 Å². The summed E-state index contributed by atoms with van der Waals surface area (Å²) in [5, 5.41) is 20.6. The first-order chi connectivity index (χ1) is 13.5. The van der Waals surface area contributed by atoms with Crippen molar-refractivity contribution in [3.05, 3.63) is 29.6 Å². The zero-order valence-corrected chi connectivity index (χ0v) is 16.0. The third kappa shape index (κ3) is 4.71. The number of benzene rings is 1. The molecule has 2 N–H and O–H groups in total. The molecule has 9 nitrogen and oxygen atoms in total. The number of aromatic nitrogens is 1. The quantitative estimate of drug-likeness (QED) is 0.702. The molecule has 2 aromatic rings. The Bertz CT molecular complexity index is 993. The summed E-state index contributed by atoms with van der Waals surface area (Å²) < 4.78 is 67.0. The third-order valence-electron chi connectivity index (χ3n) is 4.03. The molecular formula is C15H14F3N3O6S2. The number of alkyl halides is 3. The first-order valence-electron chi connectivity index (χ1n) is 7.97. The second kappa shape index (κ2) is 7.68. The standard InChI is InChI=1S/C15H14F3N3O6S2/c16-15(17,18)27-9-1-3-10(4-2-9)29(25,26)21-6-5-20(7-11(21)13(23)24)14-19-12(22)8-28-14/h1-4,8,11,22H,5-7H2,(H,23,24)/t11-/m1/s1. The molecule has 0 radical (unpaired) electrons. The molecule has 1 saturated heterocycles. The van der Waals surface area contributed by atoms with Gasteiger partial charge in [0.2, 0.25) is 15.9 Å². The van der Waals surface area contributed by atoms with Crippen molar-refractivity contribution in [1.82, 2.24) is 9.29 Å². The van der Waals surface area contributed by atoms with E-state index in [1.54, 1.807) is 0 Å². The zero-order valence-electron chi connectivity index (χ0n) is 14.4. The maximum atomic E-state index is 12.9. The van der Waals surface area contributed by atoms with E-state index in [1.165, 1.54) is 10.3 Å². The van der Waals surface area contributed by atoms with Gasteiger partial charge in [-0.05, 0) is 24.3 Å². The Kier molecular flexibility index (Phi) is 5.60. The minimum absolute atomic E-state index is 0.116. The number of nitrogens with zero attached hydrogens (tertiary/aromatic N) is 3. The smallest absolute Gasteiger partial charge is 0.493 e. The Morgan fingerprint density at radius 1 is 1.24 bits per heavy atom. The lowest BCUT2D eigenvalue weighted by molar-refractivity contribution is -0.274. The van der Waals surface area contributed by atoms with E-state index < -0.39 is 34.1 Å². The van der Waals surface area contributed by atoms with E-state index in [-0.39, 0.29) is 30.4 Å². The molecule has 0 amide bonds. The fourth-order valence-electron chi connectivity index (χ4n) is 2.78. The number of ether oxygens (including phenoxy) is 1. The van der Waals surface area contributed by atoms with Crippen LogP contribution in [-0.4, -0.2) is 65.9 Å². The lowest BCUT2D eigenvalue weighted by Crippen LogP contribution is -2.58. The number of carbonyl (C=O) groups is 1. The fourth-order valence-corrected chi connectivity index (χ4v) is 5.07. The Morgan fingerprint density at radius 3 is 2.41 bits per heavy atom. The van der Waals surface area contributed by atoms with Gasteiger partial charge in [0.25, 0.3) is 0 Å². The number of anilines is 1. The molecule has 0 aliphatic carbocycles. The molecule has 0 saturated carbocycles. The number of aliphatic carboxylic acids is 1. The summed E-state index contributed by atoms with van der Waals surface area (Å²) in [6.07, 6.45) is -4.92. The SMILES string of the molecule is O=C(O)[C@H]1CN(c2nc(O)cs2)CCN1S(=O)(=O)c1ccc(OC(F)(F)F)cc1. The van der Waals surface area contributed by atoms with Crippen LogP contribution >= 0.6 is 11.3 Å². The van der Waals surface area contributed by atoms with Crippen LogP contribution in [-0.2, 0) is 14.8 Å². The number of halogens is 3. The van der Waals surface area contributed by atoms with Crippen LogP contribution in [0.5, 0.6) is 11.6 Å². The number of sulfonamides is 1. The van der Waals surface area contributed by atoms with Gasteiger partial charge in [0.15, 0.2) is 5.13 Å². The molecule has 29 heavy (non-hydrogen) atoms. The molecule has 0 bridgehead atoms. The molecule has 158 valence electrons. The van der Waals surface area contributed by atoms with Crippen molar-refractivity contribution in [2.75, 3.05) is 24.5 Å². The van der Waals surface area contributed by atoms with E-state index >= 15 is 0 Å². The molecule has 1 aromatic heterocycles. The Morgan fingerprint density at radius 2 is 1.90 bits per heavy atom. The minimum Gasteiger partial charge on any atom is -0.493 e. The maximum absolute atomic E-state index is 12.9. The van der Waals surface area contributed by atoms with Crippen molar-refractivity contribution in [1.29, 1.82) is 0 Å². The van der Waals surface area contributed by atoms with Crippen molar-refractivity contribution < 1.29 is 41.3 Å². The largest absolute Gasteiger partial charge is 0.573 e. The van der Waals surface area contributed by atoms with Crippen molar-refractivity contribution >= 4 is 32.5 Å². The first-order valence-corrected chi connectivity index (χ1v) is 10.3. The highest BCUT2D eigenvalue weighted by Gasteiger charge is 2.41. The van der Waals surface area contributed by atoms with Gasteiger partial charge in [-0.3, -0.25) is 4.79 Å². The number of rotatable bonds is 5. The van der Waals surface area contributed by atoms with Crippen LogP contribution in [0.3, 0.4) is 0 Å². The molecule has 0 spiro atoms. The number of hydrogen-bond acceptors (Lipinski definition) is 8. The first kappa shape index (κ1) is 21.1. The predicted molar refractivity (Wildman–Crippen MR) is 94.4 cm³/mol. The van der Waals surface area contributed by atoms with Crippen LogP contribution in [0.4, 0.5) is 18.3 Å². The van der Waals surface area contributed by atoms with E-state index in [4.69, 9.17) is 0 Å². The predicted octanol–water partition coefficient (Wildman–Crippen LogP) is 1.71. The van der Waals surface area contributed by atoms with Gasteiger partial charge in [-0.1, -0.05) is 0 Å². The molecule has 2 heterocycles. The molecule has 1 aliphatic rings. The number of piperazine rings is 1. The van der Waals surface area contributed by atoms with E-state index in [9.17, 15) is 36.6 Å². The number of aromatic hydroxyl groups is 1. The maximum Gasteiger partial charge on any atom is 0.573 e. The van der Waals surface area contributed by atoms with E-state index in [0.29, 0.717) is 5.13 Å². The minimum atomic E-state index is -4.92. The monoisotopic (exact) mass is 453 g/mol. The third-order valence-corrected chi connectivity index (χ3v) is 6.84. The van der Waals surface area contributed by atoms with E-state index in [0.717, 1.165) is 39.9 Å². The second-order valence-corrected chi connectivity index (χ2v) is 8.65. The van der Waals surface area contributed by atoms with Gasteiger partial charge >= 0.3 is 12.3 Å². The zero-order chi connectivity index (χ0) is 21.4. The van der Waals surface area contributed by atoms with Crippen molar-refractivity contribution in [3.63, 3.8) is 0 Å². The molecule has 1 aliphatic heterocycles. The molecule has 14 heteroatoms. The van der Waals surface area contributed by atoms with Gasteiger partial charge in [-0.2, -0.15) is 9.29 Å². The Labute approximate surface area is 166 Å². The van der Waals surface area contributed by atoms with Gasteiger partial charge in [-0.25, -0.2) is 8.42 Å². The van der Waals surface area contributed by atoms with Crippen LogP contribution in [0.15, 0.2) is 34.5 Å². The number of carboxylic acids is 1. The van der Waals surface area contributed by atoms with E-state index in [2.05, 4.69) is 9.72 Å². The fraction of sp³-hybridized carbons (Fsp3) is 0.333. The van der Waals surface area contributed by atoms with Gasteiger partial charge in [0, 0.05) is 19.6 Å². The Balaban J connectivity index is 1.83. The van der Waals surface area contributed by atoms with Crippen LogP contribution < -0.4 is 9.64 Å². The summed E-state index contributed by atoms with van der Waals surface area (Å²) in [6, 6.07) is 2.06. The number of carboxylic acid groups (broad SMARTS) is 1. The lowest BCUT2D eigenvalue weighted by atomic mass is 10.2. The normalized spacial score (nSPS) is 18.6. The van der Waals surface area contributed by atoms with Crippen LogP contribution in [0.2, 0.25) is 0 Å². The van der Waals surface area contributed by atoms with Crippen molar-refractivity contribution in [2.45, 2.75) is 17.3 Å². The van der Waals surface area contributed by atoms with Crippen LogP contribution in [0, 0.1) is 0 Å². The summed E-state index contributed by atoms with van der Waals surface area (Å²) >= 11 is 1.08. The second-order valence-electron chi connectivity index (χ2n) is 5.92. The average molecular weight is 453 g/mol. The molecule has 1 fully saturated rings. The lowest BCUT2D eigenvalue weighted by Gasteiger charge is -2.38. The van der Waals surface area contributed by atoms with Crippen LogP contribution in [0.1, 0.15) is 0 Å².